The van der Waals surface area contributed by atoms with E-state index in [2.05, 4.69) is 10.2 Å². The number of carbonyl (C=O) groups excluding carboxylic acids is 1. The van der Waals surface area contributed by atoms with Gasteiger partial charge in [0.25, 0.3) is 5.91 Å². The SMILES string of the molecule is O=C(c1ccco1)N1CCN(C(=S)NC2CC2)CC1. The standard InChI is InChI=1S/C13H17N3O2S/c17-12(11-2-1-9-18-11)15-5-7-16(8-6-15)13(19)14-10-3-4-10/h1-2,9-10H,3-8H2,(H,14,19). The van der Waals surface area contributed by atoms with Gasteiger partial charge in [0.1, 0.15) is 0 Å². The summed E-state index contributed by atoms with van der Waals surface area (Å²) in [6, 6.07) is 4.02. The minimum atomic E-state index is -0.0364. The molecule has 0 unspecified atom stereocenters. The highest BCUT2D eigenvalue weighted by Gasteiger charge is 2.27. The Labute approximate surface area is 117 Å². The van der Waals surface area contributed by atoms with Crippen LogP contribution in [-0.2, 0) is 0 Å². The number of hydrogen-bond donors (Lipinski definition) is 1. The zero-order valence-electron chi connectivity index (χ0n) is 10.7. The van der Waals surface area contributed by atoms with Crippen molar-refractivity contribution in [3.8, 4) is 0 Å². The Kier molecular flexibility index (Phi) is 3.42. The minimum Gasteiger partial charge on any atom is -0.459 e. The topological polar surface area (TPSA) is 48.7 Å². The van der Waals surface area contributed by atoms with Gasteiger partial charge in [-0.3, -0.25) is 4.79 Å². The number of carbonyl (C=O) groups is 1. The fourth-order valence-electron chi connectivity index (χ4n) is 2.16. The van der Waals surface area contributed by atoms with Crippen LogP contribution in [0, 0.1) is 0 Å². The molecule has 1 amide bonds. The normalized spacial score (nSPS) is 19.4. The van der Waals surface area contributed by atoms with Crippen molar-refractivity contribution in [3.05, 3.63) is 24.2 Å². The second-order valence-corrected chi connectivity index (χ2v) is 5.37. The molecule has 5 nitrogen and oxygen atoms in total. The second-order valence-electron chi connectivity index (χ2n) is 4.98. The lowest BCUT2D eigenvalue weighted by atomic mass is 10.3. The number of rotatable bonds is 2. The van der Waals surface area contributed by atoms with Crippen LogP contribution < -0.4 is 5.32 Å². The van der Waals surface area contributed by atoms with Gasteiger partial charge < -0.3 is 19.5 Å². The van der Waals surface area contributed by atoms with E-state index < -0.39 is 0 Å². The summed E-state index contributed by atoms with van der Waals surface area (Å²) in [5.74, 6) is 0.373. The zero-order chi connectivity index (χ0) is 13.2. The number of nitrogens with zero attached hydrogens (tertiary/aromatic N) is 2. The first-order valence-corrected chi connectivity index (χ1v) is 7.03. The van der Waals surface area contributed by atoms with Gasteiger partial charge in [0.05, 0.1) is 6.26 Å². The molecule has 102 valence electrons. The average Bonchev–Trinajstić information content (AvgIpc) is 3.08. The van der Waals surface area contributed by atoms with Gasteiger partial charge in [-0.25, -0.2) is 0 Å². The molecule has 0 atom stereocenters. The van der Waals surface area contributed by atoms with E-state index in [1.165, 1.54) is 19.1 Å². The van der Waals surface area contributed by atoms with E-state index in [1.54, 1.807) is 12.1 Å². The summed E-state index contributed by atoms with van der Waals surface area (Å²) < 4.78 is 5.14. The summed E-state index contributed by atoms with van der Waals surface area (Å²) in [6.07, 6.45) is 3.96. The molecule has 0 aromatic carbocycles. The molecule has 6 heteroatoms. The molecule has 2 heterocycles. The van der Waals surface area contributed by atoms with Crippen molar-refractivity contribution in [3.63, 3.8) is 0 Å². The van der Waals surface area contributed by atoms with Crippen LogP contribution in [0.5, 0.6) is 0 Å². The van der Waals surface area contributed by atoms with Crippen LogP contribution in [-0.4, -0.2) is 53.0 Å². The van der Waals surface area contributed by atoms with Crippen LogP contribution in [0.2, 0.25) is 0 Å². The van der Waals surface area contributed by atoms with Gasteiger partial charge in [0.15, 0.2) is 10.9 Å². The van der Waals surface area contributed by atoms with Gasteiger partial charge in [-0.1, -0.05) is 0 Å². The molecule has 1 N–H and O–H groups in total. The molecule has 1 saturated heterocycles. The first-order chi connectivity index (χ1) is 9.24. The third-order valence-corrected chi connectivity index (χ3v) is 3.87. The predicted molar refractivity (Wildman–Crippen MR) is 74.9 cm³/mol. The molecule has 2 fully saturated rings. The molecule has 3 rings (SSSR count). The predicted octanol–water partition coefficient (Wildman–Crippen LogP) is 1.07. The Morgan fingerprint density at radius 2 is 1.95 bits per heavy atom. The highest BCUT2D eigenvalue weighted by Crippen LogP contribution is 2.19. The van der Waals surface area contributed by atoms with Gasteiger partial charge in [-0.05, 0) is 37.2 Å². The van der Waals surface area contributed by atoms with Gasteiger partial charge in [0, 0.05) is 32.2 Å². The summed E-state index contributed by atoms with van der Waals surface area (Å²) in [5, 5.41) is 4.16. The van der Waals surface area contributed by atoms with Crippen molar-refractivity contribution in [2.75, 3.05) is 26.2 Å². The minimum absolute atomic E-state index is 0.0364. The van der Waals surface area contributed by atoms with Crippen LogP contribution in [0.4, 0.5) is 0 Å². The van der Waals surface area contributed by atoms with Gasteiger partial charge in [0.2, 0.25) is 0 Å². The van der Waals surface area contributed by atoms with Gasteiger partial charge in [-0.15, -0.1) is 0 Å². The first kappa shape index (κ1) is 12.5. The summed E-state index contributed by atoms with van der Waals surface area (Å²) >= 11 is 5.37. The largest absolute Gasteiger partial charge is 0.459 e. The summed E-state index contributed by atoms with van der Waals surface area (Å²) in [4.78, 5) is 16.0. The van der Waals surface area contributed by atoms with Crippen LogP contribution in [0.1, 0.15) is 23.4 Å². The Morgan fingerprint density at radius 1 is 1.26 bits per heavy atom. The molecule has 0 bridgehead atoms. The van der Waals surface area contributed by atoms with Crippen molar-refractivity contribution in [2.24, 2.45) is 0 Å². The van der Waals surface area contributed by atoms with Crippen molar-refractivity contribution in [1.82, 2.24) is 15.1 Å². The fraction of sp³-hybridized carbons (Fsp3) is 0.538. The zero-order valence-corrected chi connectivity index (χ0v) is 11.5. The van der Waals surface area contributed by atoms with E-state index in [9.17, 15) is 4.79 Å². The Balaban J connectivity index is 1.51. The van der Waals surface area contributed by atoms with E-state index >= 15 is 0 Å². The third-order valence-electron chi connectivity index (χ3n) is 3.49. The number of nitrogens with one attached hydrogen (secondary N) is 1. The van der Waals surface area contributed by atoms with E-state index in [1.807, 2.05) is 4.90 Å². The molecular weight excluding hydrogens is 262 g/mol. The van der Waals surface area contributed by atoms with Crippen LogP contribution in [0.25, 0.3) is 0 Å². The van der Waals surface area contributed by atoms with E-state index in [0.717, 1.165) is 18.2 Å². The smallest absolute Gasteiger partial charge is 0.289 e. The van der Waals surface area contributed by atoms with E-state index in [4.69, 9.17) is 16.6 Å². The monoisotopic (exact) mass is 279 g/mol. The molecule has 1 aliphatic carbocycles. The Morgan fingerprint density at radius 3 is 2.53 bits per heavy atom. The van der Waals surface area contributed by atoms with Crippen LogP contribution in [0.15, 0.2) is 22.8 Å². The molecule has 0 spiro atoms. The van der Waals surface area contributed by atoms with E-state index in [0.29, 0.717) is 24.9 Å². The summed E-state index contributed by atoms with van der Waals surface area (Å²) in [5.41, 5.74) is 0. The van der Waals surface area contributed by atoms with Crippen molar-refractivity contribution < 1.29 is 9.21 Å². The average molecular weight is 279 g/mol. The lowest BCUT2D eigenvalue weighted by molar-refractivity contribution is 0.0659. The number of furan rings is 1. The Hall–Kier alpha value is -1.56. The van der Waals surface area contributed by atoms with Gasteiger partial charge >= 0.3 is 0 Å². The molecular formula is C13H17N3O2S. The molecule has 2 aliphatic rings. The van der Waals surface area contributed by atoms with Crippen molar-refractivity contribution in [2.45, 2.75) is 18.9 Å². The third kappa shape index (κ3) is 2.89. The second kappa shape index (κ2) is 5.21. The summed E-state index contributed by atoms with van der Waals surface area (Å²) in [7, 11) is 0. The molecule has 1 saturated carbocycles. The maximum absolute atomic E-state index is 12.1. The van der Waals surface area contributed by atoms with Crippen molar-refractivity contribution >= 4 is 23.2 Å². The quantitative estimate of drug-likeness (QED) is 0.821. The number of thiocarbonyl (C=S) groups is 1. The first-order valence-electron chi connectivity index (χ1n) is 6.62. The lowest BCUT2D eigenvalue weighted by Gasteiger charge is -2.35. The molecule has 1 aromatic heterocycles. The number of hydrogen-bond acceptors (Lipinski definition) is 3. The summed E-state index contributed by atoms with van der Waals surface area (Å²) in [6.45, 7) is 2.94. The maximum atomic E-state index is 12.1. The maximum Gasteiger partial charge on any atom is 0.289 e. The highest BCUT2D eigenvalue weighted by molar-refractivity contribution is 7.80. The Bertz CT molecular complexity index is 462. The number of amides is 1. The lowest BCUT2D eigenvalue weighted by Crippen LogP contribution is -2.53. The molecule has 0 radical (unpaired) electrons. The molecule has 1 aliphatic heterocycles. The molecule has 19 heavy (non-hydrogen) atoms. The van der Waals surface area contributed by atoms with E-state index in [-0.39, 0.29) is 5.91 Å². The molecule has 1 aromatic rings. The van der Waals surface area contributed by atoms with Crippen molar-refractivity contribution in [1.29, 1.82) is 0 Å². The highest BCUT2D eigenvalue weighted by atomic mass is 32.1. The van der Waals surface area contributed by atoms with Crippen LogP contribution >= 0.6 is 12.2 Å². The van der Waals surface area contributed by atoms with Crippen LogP contribution in [0.3, 0.4) is 0 Å². The number of piperazine rings is 1. The van der Waals surface area contributed by atoms with Gasteiger partial charge in [-0.2, -0.15) is 0 Å². The fourth-order valence-corrected chi connectivity index (χ4v) is 2.51.